The van der Waals surface area contributed by atoms with Crippen molar-refractivity contribution in [1.29, 1.82) is 0 Å². The summed E-state index contributed by atoms with van der Waals surface area (Å²) >= 11 is 0. The molecule has 6 heteroatoms. The van der Waals surface area contributed by atoms with Gasteiger partial charge in [-0.1, -0.05) is 103 Å². The van der Waals surface area contributed by atoms with Gasteiger partial charge < -0.3 is 28.8 Å². The van der Waals surface area contributed by atoms with E-state index in [1.165, 1.54) is 0 Å². The van der Waals surface area contributed by atoms with Gasteiger partial charge in [-0.15, -0.1) is 0 Å². The van der Waals surface area contributed by atoms with Crippen LogP contribution in [0.15, 0.2) is 103 Å². The van der Waals surface area contributed by atoms with E-state index in [2.05, 4.69) is 0 Å². The number of rotatable bonds is 13. The van der Waals surface area contributed by atoms with Crippen LogP contribution in [-0.4, -0.2) is 49.0 Å². The van der Waals surface area contributed by atoms with Crippen molar-refractivity contribution in [2.24, 2.45) is 0 Å². The molecular formula is C31H36O6. The zero-order valence-corrected chi connectivity index (χ0v) is 21.2. The molecule has 4 unspecified atom stereocenters. The molecule has 196 valence electrons. The van der Waals surface area contributed by atoms with E-state index in [1.54, 1.807) is 0 Å². The summed E-state index contributed by atoms with van der Waals surface area (Å²) < 4.78 is 30.8. The third kappa shape index (κ3) is 8.33. The third-order valence-corrected chi connectivity index (χ3v) is 6.17. The van der Waals surface area contributed by atoms with Gasteiger partial charge in [0.2, 0.25) is 0 Å². The number of benzene rings is 3. The molecule has 5 atom stereocenters. The Morgan fingerprint density at radius 1 is 0.703 bits per heavy atom. The predicted molar refractivity (Wildman–Crippen MR) is 142 cm³/mol. The van der Waals surface area contributed by atoms with Crippen LogP contribution in [-0.2, 0) is 43.5 Å². The van der Waals surface area contributed by atoms with Crippen LogP contribution in [0.2, 0.25) is 0 Å². The lowest BCUT2D eigenvalue weighted by molar-refractivity contribution is -0.316. The van der Waals surface area contributed by atoms with Gasteiger partial charge in [-0.25, -0.2) is 0 Å². The van der Waals surface area contributed by atoms with E-state index in [1.807, 2.05) is 110 Å². The van der Waals surface area contributed by atoms with E-state index < -0.39 is 30.7 Å². The van der Waals surface area contributed by atoms with Gasteiger partial charge in [0.25, 0.3) is 0 Å². The summed E-state index contributed by atoms with van der Waals surface area (Å²) in [7, 11) is 0. The Kier molecular flexibility index (Phi) is 10.9. The van der Waals surface area contributed by atoms with Crippen LogP contribution in [0.1, 0.15) is 23.6 Å². The van der Waals surface area contributed by atoms with E-state index in [0.717, 1.165) is 16.7 Å². The molecule has 0 radical (unpaired) electrons. The molecule has 1 aliphatic rings. The van der Waals surface area contributed by atoms with E-state index in [9.17, 15) is 5.11 Å². The summed E-state index contributed by atoms with van der Waals surface area (Å²) in [6.45, 7) is 3.61. The Balaban J connectivity index is 1.51. The lowest BCUT2D eigenvalue weighted by atomic mass is 9.98. The molecule has 1 aliphatic heterocycles. The minimum Gasteiger partial charge on any atom is -0.385 e. The molecule has 3 aromatic rings. The predicted octanol–water partition coefficient (Wildman–Crippen LogP) is 5.05. The minimum atomic E-state index is -1.04. The van der Waals surface area contributed by atoms with Crippen LogP contribution in [0.4, 0.5) is 0 Å². The number of aliphatic hydroxyl groups is 1. The molecule has 6 nitrogen and oxygen atoms in total. The van der Waals surface area contributed by atoms with E-state index >= 15 is 0 Å². The molecule has 0 amide bonds. The molecular weight excluding hydrogens is 468 g/mol. The second kappa shape index (κ2) is 14.8. The molecule has 1 N–H and O–H groups in total. The first-order chi connectivity index (χ1) is 18.2. The average molecular weight is 505 g/mol. The first-order valence-corrected chi connectivity index (χ1v) is 12.7. The van der Waals surface area contributed by atoms with Crippen LogP contribution in [0.25, 0.3) is 0 Å². The normalized spacial score (nSPS) is 23.9. The summed E-state index contributed by atoms with van der Waals surface area (Å²) in [4.78, 5) is 0. The maximum Gasteiger partial charge on any atom is 0.187 e. The summed E-state index contributed by atoms with van der Waals surface area (Å²) in [5.74, 6) is 0. The van der Waals surface area contributed by atoms with Crippen molar-refractivity contribution < 1.29 is 28.8 Å². The molecule has 0 spiro atoms. The second-order valence-electron chi connectivity index (χ2n) is 8.96. The van der Waals surface area contributed by atoms with Crippen molar-refractivity contribution in [3.05, 3.63) is 120 Å². The molecule has 1 saturated heterocycles. The quantitative estimate of drug-likeness (QED) is 0.329. The van der Waals surface area contributed by atoms with Crippen LogP contribution < -0.4 is 0 Å². The smallest absolute Gasteiger partial charge is 0.187 e. The highest BCUT2D eigenvalue weighted by Crippen LogP contribution is 2.29. The lowest BCUT2D eigenvalue weighted by Gasteiger charge is -2.44. The fourth-order valence-corrected chi connectivity index (χ4v) is 4.21. The molecule has 0 bridgehead atoms. The van der Waals surface area contributed by atoms with Crippen LogP contribution in [0.3, 0.4) is 0 Å². The molecule has 4 rings (SSSR count). The highest BCUT2D eigenvalue weighted by atomic mass is 16.7. The Bertz CT molecular complexity index is 1040. The van der Waals surface area contributed by atoms with Crippen molar-refractivity contribution >= 4 is 0 Å². The van der Waals surface area contributed by atoms with Crippen LogP contribution >= 0.6 is 0 Å². The van der Waals surface area contributed by atoms with E-state index in [4.69, 9.17) is 23.7 Å². The van der Waals surface area contributed by atoms with Crippen LogP contribution in [0.5, 0.6) is 0 Å². The summed E-state index contributed by atoms with van der Waals surface area (Å²) in [6.07, 6.45) is 0.0839. The lowest BCUT2D eigenvalue weighted by Crippen LogP contribution is -2.61. The van der Waals surface area contributed by atoms with Gasteiger partial charge in [0, 0.05) is 0 Å². The molecule has 1 fully saturated rings. The summed E-state index contributed by atoms with van der Waals surface area (Å²) in [6, 6.07) is 29.8. The van der Waals surface area contributed by atoms with Crippen molar-refractivity contribution in [3.8, 4) is 0 Å². The average Bonchev–Trinajstić information content (AvgIpc) is 2.94. The fraction of sp³-hybridized carbons (Fsp3) is 0.355. The van der Waals surface area contributed by atoms with E-state index in [-0.39, 0.29) is 6.61 Å². The summed E-state index contributed by atoms with van der Waals surface area (Å²) in [5, 5.41) is 11.3. The topological polar surface area (TPSA) is 66.4 Å². The molecule has 3 aromatic carbocycles. The van der Waals surface area contributed by atoms with Crippen molar-refractivity contribution in [3.63, 3.8) is 0 Å². The Morgan fingerprint density at radius 3 is 1.76 bits per heavy atom. The Morgan fingerprint density at radius 2 is 1.22 bits per heavy atom. The van der Waals surface area contributed by atoms with E-state index in [0.29, 0.717) is 26.4 Å². The fourth-order valence-electron chi connectivity index (χ4n) is 4.21. The minimum absolute atomic E-state index is 0.260. The SMILES string of the molecule is C/C=C/COC1OC(COCc2ccccc2)[C@@H](OCc2ccccc2)C(OCc2ccccc2)C1O. The van der Waals surface area contributed by atoms with Crippen LogP contribution in [0, 0.1) is 0 Å². The molecule has 0 saturated carbocycles. The summed E-state index contributed by atoms with van der Waals surface area (Å²) in [5.41, 5.74) is 3.10. The zero-order valence-electron chi connectivity index (χ0n) is 21.2. The Labute approximate surface area is 219 Å². The monoisotopic (exact) mass is 504 g/mol. The number of aliphatic hydroxyl groups excluding tert-OH is 1. The van der Waals surface area contributed by atoms with Gasteiger partial charge in [-0.2, -0.15) is 0 Å². The third-order valence-electron chi connectivity index (χ3n) is 6.17. The Hall–Kier alpha value is -2.84. The van der Waals surface area contributed by atoms with Crippen molar-refractivity contribution in [2.75, 3.05) is 13.2 Å². The first kappa shape index (κ1) is 27.2. The molecule has 1 heterocycles. The van der Waals surface area contributed by atoms with Gasteiger partial charge >= 0.3 is 0 Å². The number of ether oxygens (including phenoxy) is 5. The van der Waals surface area contributed by atoms with Gasteiger partial charge in [0.15, 0.2) is 6.29 Å². The second-order valence-corrected chi connectivity index (χ2v) is 8.96. The van der Waals surface area contributed by atoms with Gasteiger partial charge in [0.1, 0.15) is 24.4 Å². The number of hydrogen-bond donors (Lipinski definition) is 1. The highest BCUT2D eigenvalue weighted by Gasteiger charge is 2.47. The number of hydrogen-bond acceptors (Lipinski definition) is 6. The van der Waals surface area contributed by atoms with Gasteiger partial charge in [-0.05, 0) is 23.6 Å². The standard InChI is InChI=1S/C31H36O6/c1-2-3-19-34-31-28(32)30(36-22-26-17-11-6-12-18-26)29(35-21-25-15-9-5-10-16-25)27(37-31)23-33-20-24-13-7-4-8-14-24/h2-18,27-32H,19-23H2,1H3/b3-2+/t27?,28?,29-,30?,31?/m1/s1. The molecule has 0 aliphatic carbocycles. The first-order valence-electron chi connectivity index (χ1n) is 12.7. The van der Waals surface area contributed by atoms with Gasteiger partial charge in [0.05, 0.1) is 33.0 Å². The molecule has 37 heavy (non-hydrogen) atoms. The molecule has 0 aromatic heterocycles. The maximum atomic E-state index is 11.3. The maximum absolute atomic E-state index is 11.3. The van der Waals surface area contributed by atoms with Gasteiger partial charge in [-0.3, -0.25) is 0 Å². The highest BCUT2D eigenvalue weighted by molar-refractivity contribution is 5.15. The van der Waals surface area contributed by atoms with Crippen molar-refractivity contribution in [1.82, 2.24) is 0 Å². The zero-order chi connectivity index (χ0) is 25.7. The largest absolute Gasteiger partial charge is 0.385 e. The number of allylic oxidation sites excluding steroid dienone is 1. The van der Waals surface area contributed by atoms with Crippen molar-refractivity contribution in [2.45, 2.75) is 57.5 Å².